The molecule has 2 aliphatic rings. The summed E-state index contributed by atoms with van der Waals surface area (Å²) < 4.78 is 38.7. The Hall–Kier alpha value is -2.29. The zero-order valence-corrected chi connectivity index (χ0v) is 16.9. The maximum Gasteiger partial charge on any atom is 0.391 e. The van der Waals surface area contributed by atoms with Crippen LogP contribution >= 0.6 is 0 Å². The van der Waals surface area contributed by atoms with E-state index in [-0.39, 0.29) is 12.8 Å². The van der Waals surface area contributed by atoms with Gasteiger partial charge in [-0.05, 0) is 66.8 Å². The van der Waals surface area contributed by atoms with Gasteiger partial charge in [-0.3, -0.25) is 10.6 Å². The van der Waals surface area contributed by atoms with Crippen molar-refractivity contribution in [3.05, 3.63) is 53.1 Å². The largest absolute Gasteiger partial charge is 0.391 e. The fourth-order valence-corrected chi connectivity index (χ4v) is 4.29. The number of nitrogens with two attached hydrogens (primary N) is 1. The molecule has 4 N–H and O–H groups in total. The number of fused-ring (bicyclic) bond motifs is 1. The average Bonchev–Trinajstić information content (AvgIpc) is 3.13. The summed E-state index contributed by atoms with van der Waals surface area (Å²) in [4.78, 5) is 3.82. The topological polar surface area (TPSA) is 64.8 Å². The molecule has 2 aliphatic heterocycles. The van der Waals surface area contributed by atoms with Gasteiger partial charge in [0.2, 0.25) is 0 Å². The quantitative estimate of drug-likeness (QED) is 0.651. The molecule has 162 valence electrons. The zero-order valence-electron chi connectivity index (χ0n) is 16.9. The molecule has 1 saturated heterocycles. The molecule has 1 unspecified atom stereocenters. The molecule has 2 aromatic rings. The summed E-state index contributed by atoms with van der Waals surface area (Å²) in [7, 11) is 0. The molecular formula is C22H27F3N4O. The number of alkyl halides is 3. The van der Waals surface area contributed by atoms with Gasteiger partial charge in [-0.1, -0.05) is 6.07 Å². The number of anilines is 3. The van der Waals surface area contributed by atoms with Gasteiger partial charge in [-0.25, -0.2) is 0 Å². The van der Waals surface area contributed by atoms with Crippen LogP contribution in [0.4, 0.5) is 30.2 Å². The summed E-state index contributed by atoms with van der Waals surface area (Å²) in [5, 5.41) is 13.0. The molecule has 0 bridgehead atoms. The predicted octanol–water partition coefficient (Wildman–Crippen LogP) is 4.07. The van der Waals surface area contributed by atoms with E-state index < -0.39 is 18.4 Å². The summed E-state index contributed by atoms with van der Waals surface area (Å²) in [6.45, 7) is 4.07. The molecule has 4 rings (SSSR count). The molecule has 0 saturated carbocycles. The standard InChI is InChI=1S/C22H27F3N4O/c1-14-10-19(28-8-6-17(7-9-28)22(23,24)25)4-5-20(14)27-18-3-2-15-12-29(21(26)30)13-16(15)11-18/h2-5,10-11,17,21,27,30H,6-9,12-13,26H2,1H3. The highest BCUT2D eigenvalue weighted by molar-refractivity contribution is 5.67. The van der Waals surface area contributed by atoms with E-state index >= 15 is 0 Å². The molecule has 0 radical (unpaired) electrons. The fraction of sp³-hybridized carbons (Fsp3) is 0.455. The summed E-state index contributed by atoms with van der Waals surface area (Å²) in [6, 6.07) is 12.1. The Morgan fingerprint density at radius 1 is 1.07 bits per heavy atom. The Kier molecular flexibility index (Phi) is 5.65. The number of aliphatic hydroxyl groups excluding tert-OH is 1. The molecular weight excluding hydrogens is 393 g/mol. The van der Waals surface area contributed by atoms with Crippen LogP contribution < -0.4 is 16.0 Å². The van der Waals surface area contributed by atoms with Gasteiger partial charge in [-0.15, -0.1) is 0 Å². The monoisotopic (exact) mass is 420 g/mol. The van der Waals surface area contributed by atoms with Crippen LogP contribution in [0, 0.1) is 12.8 Å². The van der Waals surface area contributed by atoms with E-state index in [4.69, 9.17) is 5.73 Å². The van der Waals surface area contributed by atoms with Gasteiger partial charge in [0.05, 0.1) is 5.92 Å². The van der Waals surface area contributed by atoms with Gasteiger partial charge < -0.3 is 15.3 Å². The number of rotatable bonds is 4. The van der Waals surface area contributed by atoms with E-state index in [1.165, 1.54) is 0 Å². The second kappa shape index (κ2) is 8.09. The molecule has 2 heterocycles. The van der Waals surface area contributed by atoms with Crippen LogP contribution in [-0.2, 0) is 13.1 Å². The van der Waals surface area contributed by atoms with E-state index in [1.807, 2.05) is 42.2 Å². The number of benzene rings is 2. The highest BCUT2D eigenvalue weighted by Crippen LogP contribution is 2.36. The van der Waals surface area contributed by atoms with Crippen molar-refractivity contribution >= 4 is 17.1 Å². The Bertz CT molecular complexity index is 908. The first kappa shape index (κ1) is 21.0. The van der Waals surface area contributed by atoms with Crippen LogP contribution in [0.3, 0.4) is 0 Å². The number of piperidine rings is 1. The number of hydrogen-bond acceptors (Lipinski definition) is 5. The fourth-order valence-electron chi connectivity index (χ4n) is 4.29. The number of nitrogens with one attached hydrogen (secondary N) is 1. The lowest BCUT2D eigenvalue weighted by molar-refractivity contribution is -0.179. The van der Waals surface area contributed by atoms with Crippen molar-refractivity contribution in [2.75, 3.05) is 23.3 Å². The number of aryl methyl sites for hydroxylation is 1. The van der Waals surface area contributed by atoms with E-state index in [1.54, 1.807) is 4.90 Å². The Morgan fingerprint density at radius 2 is 1.77 bits per heavy atom. The maximum atomic E-state index is 12.9. The van der Waals surface area contributed by atoms with Crippen molar-refractivity contribution in [2.45, 2.75) is 45.4 Å². The molecule has 2 aromatic carbocycles. The lowest BCUT2D eigenvalue weighted by Crippen LogP contribution is -2.39. The minimum Gasteiger partial charge on any atom is -0.371 e. The van der Waals surface area contributed by atoms with Gasteiger partial charge >= 0.3 is 6.18 Å². The number of nitrogens with zero attached hydrogens (tertiary/aromatic N) is 2. The Balaban J connectivity index is 1.42. The molecule has 0 amide bonds. The smallest absolute Gasteiger partial charge is 0.371 e. The molecule has 30 heavy (non-hydrogen) atoms. The summed E-state index contributed by atoms with van der Waals surface area (Å²) in [5.74, 6) is -1.19. The molecule has 0 spiro atoms. The SMILES string of the molecule is Cc1cc(N2CCC(C(F)(F)F)CC2)ccc1Nc1ccc2c(c1)CN(C(N)O)C2. The van der Waals surface area contributed by atoms with E-state index in [0.717, 1.165) is 33.8 Å². The summed E-state index contributed by atoms with van der Waals surface area (Å²) in [5.41, 5.74) is 11.7. The zero-order chi connectivity index (χ0) is 21.5. The summed E-state index contributed by atoms with van der Waals surface area (Å²) in [6.07, 6.45) is -4.77. The van der Waals surface area contributed by atoms with Crippen LogP contribution in [0.15, 0.2) is 36.4 Å². The molecule has 0 aliphatic carbocycles. The van der Waals surface area contributed by atoms with Crippen molar-refractivity contribution in [3.8, 4) is 0 Å². The second-order valence-electron chi connectivity index (χ2n) is 8.23. The van der Waals surface area contributed by atoms with Crippen LogP contribution in [0.2, 0.25) is 0 Å². The first-order chi connectivity index (χ1) is 14.2. The van der Waals surface area contributed by atoms with Crippen molar-refractivity contribution in [1.82, 2.24) is 4.90 Å². The lowest BCUT2D eigenvalue weighted by Gasteiger charge is -2.34. The highest BCUT2D eigenvalue weighted by Gasteiger charge is 2.41. The van der Waals surface area contributed by atoms with Crippen molar-refractivity contribution in [3.63, 3.8) is 0 Å². The average molecular weight is 420 g/mol. The molecule has 1 fully saturated rings. The molecule has 8 heteroatoms. The minimum absolute atomic E-state index is 0.145. The van der Waals surface area contributed by atoms with Gasteiger partial charge in [0.25, 0.3) is 0 Å². The van der Waals surface area contributed by atoms with Gasteiger partial charge in [0.15, 0.2) is 6.35 Å². The van der Waals surface area contributed by atoms with E-state index in [2.05, 4.69) is 11.4 Å². The number of halogens is 3. The van der Waals surface area contributed by atoms with Crippen molar-refractivity contribution in [1.29, 1.82) is 0 Å². The van der Waals surface area contributed by atoms with E-state index in [9.17, 15) is 18.3 Å². The van der Waals surface area contributed by atoms with Crippen molar-refractivity contribution in [2.24, 2.45) is 11.7 Å². The molecule has 5 nitrogen and oxygen atoms in total. The first-order valence-electron chi connectivity index (χ1n) is 10.2. The first-order valence-corrected chi connectivity index (χ1v) is 10.2. The third-order valence-corrected chi connectivity index (χ3v) is 6.14. The van der Waals surface area contributed by atoms with Crippen LogP contribution in [0.1, 0.15) is 29.5 Å². The third kappa shape index (κ3) is 4.40. The maximum absolute atomic E-state index is 12.9. The highest BCUT2D eigenvalue weighted by atomic mass is 19.4. The Labute approximate surface area is 174 Å². The summed E-state index contributed by atoms with van der Waals surface area (Å²) >= 11 is 0. The second-order valence-corrected chi connectivity index (χ2v) is 8.23. The van der Waals surface area contributed by atoms with Crippen LogP contribution in [-0.4, -0.2) is 35.6 Å². The third-order valence-electron chi connectivity index (χ3n) is 6.14. The molecule has 1 atom stereocenters. The lowest BCUT2D eigenvalue weighted by atomic mass is 9.96. The predicted molar refractivity (Wildman–Crippen MR) is 111 cm³/mol. The number of aliphatic hydroxyl groups is 1. The van der Waals surface area contributed by atoms with Gasteiger partial charge in [-0.2, -0.15) is 13.2 Å². The number of hydrogen-bond donors (Lipinski definition) is 3. The van der Waals surface area contributed by atoms with Crippen molar-refractivity contribution < 1.29 is 18.3 Å². The normalized spacial score (nSPS) is 19.1. The molecule has 0 aromatic heterocycles. The Morgan fingerprint density at radius 3 is 2.40 bits per heavy atom. The van der Waals surface area contributed by atoms with Gasteiger partial charge in [0.1, 0.15) is 0 Å². The minimum atomic E-state index is -4.09. The van der Waals surface area contributed by atoms with E-state index in [0.29, 0.717) is 26.2 Å². The van der Waals surface area contributed by atoms with Crippen LogP contribution in [0.25, 0.3) is 0 Å². The van der Waals surface area contributed by atoms with Gasteiger partial charge in [0, 0.05) is 43.2 Å². The van der Waals surface area contributed by atoms with Crippen LogP contribution in [0.5, 0.6) is 0 Å².